The van der Waals surface area contributed by atoms with E-state index in [1.807, 2.05) is 27.0 Å². The van der Waals surface area contributed by atoms with Crippen molar-refractivity contribution in [1.29, 1.82) is 0 Å². The number of amides is 1. The zero-order valence-electron chi connectivity index (χ0n) is 22.1. The molecule has 1 aromatic rings. The minimum absolute atomic E-state index is 0.149. The van der Waals surface area contributed by atoms with Gasteiger partial charge >= 0.3 is 6.09 Å². The van der Waals surface area contributed by atoms with Crippen molar-refractivity contribution in [3.8, 4) is 0 Å². The smallest absolute Gasteiger partial charge is 0.407 e. The molecule has 8 nitrogen and oxygen atoms in total. The number of rotatable bonds is 5. The Kier molecular flexibility index (Phi) is 7.06. The fourth-order valence-electron chi connectivity index (χ4n) is 5.83. The number of likely N-dealkylation sites (N-methyl/N-ethyl adjacent to an activating group) is 1. The third-order valence-corrected chi connectivity index (χ3v) is 7.49. The van der Waals surface area contributed by atoms with E-state index in [9.17, 15) is 4.79 Å². The summed E-state index contributed by atoms with van der Waals surface area (Å²) in [6.45, 7) is 9.30. The SMILES string of the molecule is CN(CC1CN2C(N3CCC(NC(=O)OC(C)(C)C)CC3)=CC=CC2=N1)C1CCCc2cccnc21. The van der Waals surface area contributed by atoms with Crippen molar-refractivity contribution in [1.82, 2.24) is 25.0 Å². The van der Waals surface area contributed by atoms with Gasteiger partial charge in [-0.3, -0.25) is 14.9 Å². The van der Waals surface area contributed by atoms with Gasteiger partial charge in [0.1, 0.15) is 17.3 Å². The lowest BCUT2D eigenvalue weighted by molar-refractivity contribution is 0.0481. The van der Waals surface area contributed by atoms with Gasteiger partial charge in [0, 0.05) is 38.4 Å². The number of fused-ring (bicyclic) bond motifs is 2. The zero-order valence-corrected chi connectivity index (χ0v) is 22.1. The van der Waals surface area contributed by atoms with Crippen LogP contribution in [0.2, 0.25) is 0 Å². The Balaban J connectivity index is 1.16. The average molecular weight is 493 g/mol. The van der Waals surface area contributed by atoms with Crippen molar-refractivity contribution in [3.63, 3.8) is 0 Å². The number of ether oxygens (including phenoxy) is 1. The first-order valence-corrected chi connectivity index (χ1v) is 13.4. The van der Waals surface area contributed by atoms with Gasteiger partial charge in [-0.2, -0.15) is 0 Å². The minimum Gasteiger partial charge on any atom is -0.444 e. The van der Waals surface area contributed by atoms with Crippen LogP contribution < -0.4 is 5.32 Å². The molecule has 8 heteroatoms. The highest BCUT2D eigenvalue weighted by Crippen LogP contribution is 2.33. The van der Waals surface area contributed by atoms with E-state index in [1.54, 1.807) is 0 Å². The molecule has 1 amide bonds. The predicted octanol–water partition coefficient (Wildman–Crippen LogP) is 3.87. The van der Waals surface area contributed by atoms with Crippen LogP contribution in [0, 0.1) is 0 Å². The molecule has 3 aliphatic heterocycles. The highest BCUT2D eigenvalue weighted by molar-refractivity contribution is 5.96. The van der Waals surface area contributed by atoms with Gasteiger partial charge in [0.15, 0.2) is 0 Å². The van der Waals surface area contributed by atoms with Crippen molar-refractivity contribution in [2.75, 3.05) is 33.2 Å². The van der Waals surface area contributed by atoms with Crippen LogP contribution in [0.5, 0.6) is 0 Å². The molecule has 0 spiro atoms. The number of carbonyl (C=O) groups excluding carboxylic acids is 1. The van der Waals surface area contributed by atoms with E-state index >= 15 is 0 Å². The van der Waals surface area contributed by atoms with E-state index in [0.717, 1.165) is 57.7 Å². The highest BCUT2D eigenvalue weighted by atomic mass is 16.6. The lowest BCUT2D eigenvalue weighted by Gasteiger charge is -2.40. The Morgan fingerprint density at radius 2 is 2.06 bits per heavy atom. The number of hydrogen-bond acceptors (Lipinski definition) is 7. The molecule has 2 unspecified atom stereocenters. The van der Waals surface area contributed by atoms with Crippen molar-refractivity contribution in [2.24, 2.45) is 4.99 Å². The third-order valence-electron chi connectivity index (χ3n) is 7.49. The molecule has 1 saturated heterocycles. The van der Waals surface area contributed by atoms with Crippen molar-refractivity contribution in [3.05, 3.63) is 53.6 Å². The number of aliphatic imine (C=N–C) groups is 1. The maximum atomic E-state index is 12.2. The van der Waals surface area contributed by atoms with Crippen LogP contribution >= 0.6 is 0 Å². The van der Waals surface area contributed by atoms with Crippen molar-refractivity contribution in [2.45, 2.75) is 76.6 Å². The van der Waals surface area contributed by atoms with Crippen LogP contribution in [-0.2, 0) is 11.2 Å². The van der Waals surface area contributed by atoms with Gasteiger partial charge in [0.2, 0.25) is 0 Å². The second-order valence-electron chi connectivity index (χ2n) is 11.4. The van der Waals surface area contributed by atoms with Gasteiger partial charge in [-0.1, -0.05) is 12.1 Å². The van der Waals surface area contributed by atoms with Crippen molar-refractivity contribution < 1.29 is 9.53 Å². The zero-order chi connectivity index (χ0) is 25.3. The Labute approximate surface area is 215 Å². The van der Waals surface area contributed by atoms with E-state index in [-0.39, 0.29) is 18.2 Å². The topological polar surface area (TPSA) is 73.3 Å². The third kappa shape index (κ3) is 5.59. The number of aryl methyl sites for hydroxylation is 1. The Morgan fingerprint density at radius 1 is 1.25 bits per heavy atom. The highest BCUT2D eigenvalue weighted by Gasteiger charge is 2.34. The van der Waals surface area contributed by atoms with E-state index in [0.29, 0.717) is 6.04 Å². The second kappa shape index (κ2) is 10.2. The number of amidine groups is 1. The van der Waals surface area contributed by atoms with Crippen LogP contribution in [-0.4, -0.2) is 82.5 Å². The molecular formula is C28H40N6O2. The predicted molar refractivity (Wildman–Crippen MR) is 142 cm³/mol. The van der Waals surface area contributed by atoms with Gasteiger partial charge in [-0.25, -0.2) is 4.79 Å². The molecule has 5 rings (SSSR count). The molecule has 1 aromatic heterocycles. The Morgan fingerprint density at radius 3 is 2.83 bits per heavy atom. The summed E-state index contributed by atoms with van der Waals surface area (Å²) in [5.41, 5.74) is 2.17. The Hall–Kier alpha value is -2.87. The number of pyridine rings is 1. The summed E-state index contributed by atoms with van der Waals surface area (Å²) >= 11 is 0. The fourth-order valence-corrected chi connectivity index (χ4v) is 5.83. The first-order valence-electron chi connectivity index (χ1n) is 13.4. The van der Waals surface area contributed by atoms with E-state index in [4.69, 9.17) is 14.7 Å². The monoisotopic (exact) mass is 492 g/mol. The molecule has 36 heavy (non-hydrogen) atoms. The molecule has 4 heterocycles. The van der Waals surface area contributed by atoms with E-state index < -0.39 is 5.60 Å². The van der Waals surface area contributed by atoms with Gasteiger partial charge in [-0.15, -0.1) is 0 Å². The van der Waals surface area contributed by atoms with Crippen molar-refractivity contribution >= 4 is 11.9 Å². The van der Waals surface area contributed by atoms with Gasteiger partial charge < -0.3 is 19.9 Å². The van der Waals surface area contributed by atoms with Crippen LogP contribution in [0.4, 0.5) is 4.79 Å². The standard InChI is InChI=1S/C28H40N6O2/c1-28(2,3)36-27(35)31-21-13-16-33(17-14-21)25-12-6-11-24-30-22(19-34(24)25)18-32(4)23-10-5-8-20-9-7-15-29-26(20)23/h6-7,9,11-12,15,21-23H,5,8,10,13-14,16-19H2,1-4H3,(H,31,35). The average Bonchev–Trinajstić information content (AvgIpc) is 3.25. The summed E-state index contributed by atoms with van der Waals surface area (Å²) < 4.78 is 5.43. The molecule has 0 saturated carbocycles. The van der Waals surface area contributed by atoms with Crippen LogP contribution in [0.25, 0.3) is 0 Å². The van der Waals surface area contributed by atoms with Gasteiger partial charge in [0.25, 0.3) is 0 Å². The number of piperidine rings is 1. The number of aromatic nitrogens is 1. The molecule has 0 radical (unpaired) electrons. The number of carbonyl (C=O) groups is 1. The molecule has 0 bridgehead atoms. The molecule has 1 N–H and O–H groups in total. The van der Waals surface area contributed by atoms with Gasteiger partial charge in [-0.05, 0) is 83.7 Å². The minimum atomic E-state index is -0.475. The van der Waals surface area contributed by atoms with Crippen LogP contribution in [0.1, 0.15) is 63.8 Å². The van der Waals surface area contributed by atoms with E-state index in [2.05, 4.69) is 57.4 Å². The van der Waals surface area contributed by atoms with Crippen LogP contribution in [0.15, 0.2) is 47.4 Å². The number of alkyl carbamates (subject to hydrolysis) is 1. The summed E-state index contributed by atoms with van der Waals surface area (Å²) in [5, 5.41) is 3.04. The second-order valence-corrected chi connectivity index (χ2v) is 11.4. The largest absolute Gasteiger partial charge is 0.444 e. The first kappa shape index (κ1) is 24.8. The van der Waals surface area contributed by atoms with Crippen LogP contribution in [0.3, 0.4) is 0 Å². The molecule has 1 fully saturated rings. The molecule has 2 atom stereocenters. The Bertz CT molecular complexity index is 1050. The number of hydrogen-bond donors (Lipinski definition) is 1. The van der Waals surface area contributed by atoms with Gasteiger partial charge in [0.05, 0.1) is 17.8 Å². The quantitative estimate of drug-likeness (QED) is 0.673. The summed E-state index contributed by atoms with van der Waals surface area (Å²) in [4.78, 5) is 29.2. The maximum absolute atomic E-state index is 12.2. The first-order chi connectivity index (χ1) is 17.3. The summed E-state index contributed by atoms with van der Waals surface area (Å²) in [6.07, 6.45) is 13.4. The molecule has 4 aliphatic rings. The lowest BCUT2D eigenvalue weighted by atomic mass is 9.91. The number of likely N-dealkylation sites (tertiary alicyclic amines) is 1. The fraction of sp³-hybridized carbons (Fsp3) is 0.607. The normalized spacial score (nSPS) is 24.2. The summed E-state index contributed by atoms with van der Waals surface area (Å²) in [5.74, 6) is 2.28. The number of nitrogens with one attached hydrogen (secondary N) is 1. The maximum Gasteiger partial charge on any atom is 0.407 e. The number of allylic oxidation sites excluding steroid dienone is 2. The molecular weight excluding hydrogens is 452 g/mol. The molecule has 0 aromatic carbocycles. The molecule has 1 aliphatic carbocycles. The number of nitrogens with zero attached hydrogens (tertiary/aromatic N) is 5. The molecule has 194 valence electrons. The summed E-state index contributed by atoms with van der Waals surface area (Å²) in [7, 11) is 2.22. The van der Waals surface area contributed by atoms with E-state index in [1.165, 1.54) is 23.5 Å². The lowest BCUT2D eigenvalue weighted by Crippen LogP contribution is -2.48. The summed E-state index contributed by atoms with van der Waals surface area (Å²) in [6, 6.07) is 5.04.